The van der Waals surface area contributed by atoms with E-state index in [1.54, 1.807) is 17.3 Å². The maximum absolute atomic E-state index is 8.08. The third-order valence-corrected chi connectivity index (χ3v) is 1.41. The molecule has 0 saturated carbocycles. The molecule has 0 unspecified atom stereocenters. The predicted octanol–water partition coefficient (Wildman–Crippen LogP) is 1.35. The predicted molar refractivity (Wildman–Crippen MR) is 49.2 cm³/mol. The molecule has 0 aliphatic rings. The van der Waals surface area contributed by atoms with Crippen molar-refractivity contribution in [2.24, 2.45) is 5.11 Å². The molecule has 0 aliphatic heterocycles. The second-order valence-corrected chi connectivity index (χ2v) is 2.67. The summed E-state index contributed by atoms with van der Waals surface area (Å²) in [5.74, 6) is 0.643. The van der Waals surface area contributed by atoms with Gasteiger partial charge >= 0.3 is 0 Å². The lowest BCUT2D eigenvalue weighted by Gasteiger charge is -2.08. The first-order valence-corrected chi connectivity index (χ1v) is 3.73. The minimum atomic E-state index is 0.296. The van der Waals surface area contributed by atoms with Crippen LogP contribution in [0.3, 0.4) is 0 Å². The Kier molecular flexibility index (Phi) is 3.05. The molecule has 0 aliphatic carbocycles. The van der Waals surface area contributed by atoms with Gasteiger partial charge in [0, 0.05) is 31.4 Å². The van der Waals surface area contributed by atoms with Gasteiger partial charge in [0.05, 0.1) is 6.54 Å². The molecule has 13 heavy (non-hydrogen) atoms. The molecule has 6 heteroatoms. The Morgan fingerprint density at radius 3 is 2.54 bits per heavy atom. The Morgan fingerprint density at radius 2 is 2.08 bits per heavy atom. The molecular weight excluding hydrogens is 168 g/mol. The standard InChI is InChI=1S/C7H10N6/c1-13(2)7-9-3-6(4-10-7)5-11-12-8/h3-4H,5H2,1-2H3. The minimum absolute atomic E-state index is 0.296. The molecule has 0 bridgehead atoms. The number of anilines is 1. The average Bonchev–Trinajstić information content (AvgIpc) is 2.15. The van der Waals surface area contributed by atoms with Crippen molar-refractivity contribution in [3.05, 3.63) is 28.4 Å². The molecular formula is C7H10N6. The van der Waals surface area contributed by atoms with Gasteiger partial charge in [0.15, 0.2) is 0 Å². The van der Waals surface area contributed by atoms with Crippen LogP contribution in [0.15, 0.2) is 17.5 Å². The van der Waals surface area contributed by atoms with Crippen molar-refractivity contribution in [1.82, 2.24) is 9.97 Å². The Balaban J connectivity index is 2.75. The second kappa shape index (κ2) is 4.27. The van der Waals surface area contributed by atoms with Crippen molar-refractivity contribution < 1.29 is 0 Å². The van der Waals surface area contributed by atoms with Crippen molar-refractivity contribution in [3.8, 4) is 0 Å². The monoisotopic (exact) mass is 178 g/mol. The van der Waals surface area contributed by atoms with Gasteiger partial charge in [-0.05, 0) is 11.1 Å². The second-order valence-electron chi connectivity index (χ2n) is 2.67. The maximum atomic E-state index is 8.08. The molecule has 0 fully saturated rings. The van der Waals surface area contributed by atoms with Crippen LogP contribution in [0, 0.1) is 0 Å². The van der Waals surface area contributed by atoms with E-state index in [0.717, 1.165) is 5.56 Å². The summed E-state index contributed by atoms with van der Waals surface area (Å²) in [6.07, 6.45) is 3.30. The number of nitrogens with zero attached hydrogens (tertiary/aromatic N) is 6. The summed E-state index contributed by atoms with van der Waals surface area (Å²) in [6, 6.07) is 0. The van der Waals surface area contributed by atoms with E-state index in [1.807, 2.05) is 14.1 Å². The van der Waals surface area contributed by atoms with E-state index >= 15 is 0 Å². The van der Waals surface area contributed by atoms with Gasteiger partial charge in [-0.3, -0.25) is 0 Å². The molecule has 6 nitrogen and oxygen atoms in total. The quantitative estimate of drug-likeness (QED) is 0.398. The third kappa shape index (κ3) is 2.61. The summed E-state index contributed by atoms with van der Waals surface area (Å²) < 4.78 is 0. The highest BCUT2D eigenvalue weighted by Crippen LogP contribution is 2.03. The fraction of sp³-hybridized carbons (Fsp3) is 0.429. The Morgan fingerprint density at radius 1 is 1.46 bits per heavy atom. The Bertz CT molecular complexity index is 310. The summed E-state index contributed by atoms with van der Waals surface area (Å²) in [5.41, 5.74) is 8.89. The highest BCUT2D eigenvalue weighted by Gasteiger charge is 1.97. The van der Waals surface area contributed by atoms with Crippen LogP contribution in [-0.2, 0) is 6.54 Å². The molecule has 0 saturated heterocycles. The lowest BCUT2D eigenvalue weighted by Crippen LogP contribution is -2.12. The van der Waals surface area contributed by atoms with Crippen molar-refractivity contribution in [2.75, 3.05) is 19.0 Å². The van der Waals surface area contributed by atoms with Crippen molar-refractivity contribution in [2.45, 2.75) is 6.54 Å². The molecule has 0 spiro atoms. The zero-order chi connectivity index (χ0) is 9.68. The first-order chi connectivity index (χ1) is 6.24. The van der Waals surface area contributed by atoms with Crippen molar-refractivity contribution >= 4 is 5.95 Å². The van der Waals surface area contributed by atoms with Crippen LogP contribution < -0.4 is 4.90 Å². The van der Waals surface area contributed by atoms with Gasteiger partial charge in [0.2, 0.25) is 5.95 Å². The first-order valence-electron chi connectivity index (χ1n) is 3.73. The maximum Gasteiger partial charge on any atom is 0.224 e. The van der Waals surface area contributed by atoms with E-state index in [4.69, 9.17) is 5.53 Å². The number of hydrogen-bond donors (Lipinski definition) is 0. The van der Waals surface area contributed by atoms with E-state index in [0.29, 0.717) is 12.5 Å². The van der Waals surface area contributed by atoms with Gasteiger partial charge in [-0.2, -0.15) is 0 Å². The summed E-state index contributed by atoms with van der Waals surface area (Å²) in [7, 11) is 3.73. The molecule has 0 radical (unpaired) electrons. The molecule has 0 N–H and O–H groups in total. The van der Waals surface area contributed by atoms with Gasteiger partial charge in [-0.1, -0.05) is 5.11 Å². The molecule has 0 atom stereocenters. The smallest absolute Gasteiger partial charge is 0.224 e. The number of rotatable bonds is 3. The van der Waals surface area contributed by atoms with Crippen molar-refractivity contribution in [3.63, 3.8) is 0 Å². The molecule has 1 rings (SSSR count). The fourth-order valence-electron chi connectivity index (χ4n) is 0.774. The average molecular weight is 178 g/mol. The Labute approximate surface area is 75.9 Å². The SMILES string of the molecule is CN(C)c1ncc(CN=[N+]=[N-])cn1. The zero-order valence-corrected chi connectivity index (χ0v) is 7.55. The van der Waals surface area contributed by atoms with Crippen LogP contribution in [0.4, 0.5) is 5.95 Å². The summed E-state index contributed by atoms with van der Waals surface area (Å²) in [5, 5.41) is 3.40. The third-order valence-electron chi connectivity index (χ3n) is 1.41. The minimum Gasteiger partial charge on any atom is -0.347 e. The van der Waals surface area contributed by atoms with E-state index < -0.39 is 0 Å². The number of aromatic nitrogens is 2. The Hall–Kier alpha value is -1.81. The van der Waals surface area contributed by atoms with E-state index in [9.17, 15) is 0 Å². The van der Waals surface area contributed by atoms with E-state index in [2.05, 4.69) is 20.0 Å². The molecule has 0 aromatic carbocycles. The molecule has 1 aromatic heterocycles. The highest BCUT2D eigenvalue weighted by atomic mass is 15.2. The van der Waals surface area contributed by atoms with Gasteiger partial charge in [-0.25, -0.2) is 9.97 Å². The van der Waals surface area contributed by atoms with Crippen LogP contribution in [0.2, 0.25) is 0 Å². The van der Waals surface area contributed by atoms with Crippen LogP contribution in [0.25, 0.3) is 10.4 Å². The largest absolute Gasteiger partial charge is 0.347 e. The number of hydrogen-bond acceptors (Lipinski definition) is 4. The molecule has 1 heterocycles. The van der Waals surface area contributed by atoms with Crippen molar-refractivity contribution in [1.29, 1.82) is 0 Å². The molecule has 1 aromatic rings. The zero-order valence-electron chi connectivity index (χ0n) is 7.55. The highest BCUT2D eigenvalue weighted by molar-refractivity contribution is 5.26. The lowest BCUT2D eigenvalue weighted by molar-refractivity contribution is 0.950. The molecule has 0 amide bonds. The van der Waals surface area contributed by atoms with Gasteiger partial charge < -0.3 is 4.90 Å². The van der Waals surface area contributed by atoms with Crippen LogP contribution in [0.1, 0.15) is 5.56 Å². The number of azide groups is 1. The lowest BCUT2D eigenvalue weighted by atomic mass is 10.3. The topological polar surface area (TPSA) is 77.8 Å². The van der Waals surface area contributed by atoms with Crippen LogP contribution >= 0.6 is 0 Å². The van der Waals surface area contributed by atoms with Gasteiger partial charge in [-0.15, -0.1) is 0 Å². The summed E-state index contributed by atoms with van der Waals surface area (Å²) >= 11 is 0. The van der Waals surface area contributed by atoms with Gasteiger partial charge in [0.25, 0.3) is 0 Å². The summed E-state index contributed by atoms with van der Waals surface area (Å²) in [6.45, 7) is 0.296. The van der Waals surface area contributed by atoms with Crippen LogP contribution in [0.5, 0.6) is 0 Å². The first kappa shape index (κ1) is 9.28. The van der Waals surface area contributed by atoms with Gasteiger partial charge in [0.1, 0.15) is 0 Å². The summed E-state index contributed by atoms with van der Waals surface area (Å²) in [4.78, 5) is 12.6. The normalized spacial score (nSPS) is 9.08. The van der Waals surface area contributed by atoms with Crippen LogP contribution in [-0.4, -0.2) is 24.1 Å². The van der Waals surface area contributed by atoms with E-state index in [1.165, 1.54) is 0 Å². The van der Waals surface area contributed by atoms with E-state index in [-0.39, 0.29) is 0 Å². The fourth-order valence-corrected chi connectivity index (χ4v) is 0.774. The molecule has 68 valence electrons.